The Balaban J connectivity index is 0. The molecule has 0 fully saturated rings. The molecule has 0 rings (SSSR count). The summed E-state index contributed by atoms with van der Waals surface area (Å²) in [6, 6.07) is -2.07. The predicted molar refractivity (Wildman–Crippen MR) is 43.0 cm³/mol. The predicted octanol–water partition coefficient (Wildman–Crippen LogP) is -1.88. The maximum absolute atomic E-state index is 10.9. The van der Waals surface area contributed by atoms with E-state index in [2.05, 4.69) is 0 Å². The Labute approximate surface area is 89.6 Å². The van der Waals surface area contributed by atoms with Gasteiger partial charge in [-0.1, -0.05) is 0 Å². The molecule has 74 valence electrons. The third kappa shape index (κ3) is 7.21. The van der Waals surface area contributed by atoms with Gasteiger partial charge in [0.15, 0.2) is 5.78 Å². The molecule has 6 nitrogen and oxygen atoms in total. The van der Waals surface area contributed by atoms with Crippen molar-refractivity contribution >= 4 is 15.9 Å². The number of hydrogen-bond donors (Lipinski definition) is 3. The smallest absolute Gasteiger partial charge is 0.266 e. The van der Waals surface area contributed by atoms with Crippen molar-refractivity contribution in [3.05, 3.63) is 0 Å². The Bertz CT molecular complexity index is 264. The van der Waals surface area contributed by atoms with E-state index in [1.165, 1.54) is 6.92 Å². The standard InChI is InChI=1S/C5H12N2O4S.Zn/c1-3(6)5(8)4(7)2-12(9,10)11;/h3-4H,2,6-7H2,1H3,(H,9,10,11);. The van der Waals surface area contributed by atoms with E-state index in [1.807, 2.05) is 0 Å². The number of carbonyl (C=O) groups is 1. The summed E-state index contributed by atoms with van der Waals surface area (Å²) in [6.45, 7) is 1.40. The van der Waals surface area contributed by atoms with Crippen LogP contribution in [-0.2, 0) is 34.4 Å². The fourth-order valence-electron chi connectivity index (χ4n) is 0.647. The van der Waals surface area contributed by atoms with Gasteiger partial charge in [-0.25, -0.2) is 0 Å². The number of hydrogen-bond acceptors (Lipinski definition) is 5. The number of rotatable bonds is 4. The van der Waals surface area contributed by atoms with E-state index < -0.39 is 33.7 Å². The minimum Gasteiger partial charge on any atom is -0.322 e. The zero-order valence-corrected chi connectivity index (χ0v) is 11.1. The molecule has 13 heavy (non-hydrogen) atoms. The van der Waals surface area contributed by atoms with E-state index in [0.29, 0.717) is 0 Å². The van der Waals surface area contributed by atoms with Gasteiger partial charge in [0.05, 0.1) is 17.8 Å². The largest absolute Gasteiger partial charge is 0.322 e. The van der Waals surface area contributed by atoms with Crippen molar-refractivity contribution in [1.29, 1.82) is 0 Å². The van der Waals surface area contributed by atoms with E-state index in [0.717, 1.165) is 0 Å². The van der Waals surface area contributed by atoms with Gasteiger partial charge in [-0.15, -0.1) is 0 Å². The van der Waals surface area contributed by atoms with E-state index in [-0.39, 0.29) is 19.5 Å². The van der Waals surface area contributed by atoms with Crippen molar-refractivity contribution in [2.75, 3.05) is 5.75 Å². The third-order valence-electron chi connectivity index (χ3n) is 1.20. The van der Waals surface area contributed by atoms with Crippen LogP contribution >= 0.6 is 0 Å². The van der Waals surface area contributed by atoms with E-state index in [9.17, 15) is 13.2 Å². The Hall–Kier alpha value is 0.123. The summed E-state index contributed by atoms with van der Waals surface area (Å²) in [5, 5.41) is 0. The van der Waals surface area contributed by atoms with Gasteiger partial charge in [0.1, 0.15) is 0 Å². The van der Waals surface area contributed by atoms with Gasteiger partial charge in [-0.2, -0.15) is 8.42 Å². The number of ketones is 1. The van der Waals surface area contributed by atoms with Crippen LogP contribution in [0.1, 0.15) is 6.92 Å². The Morgan fingerprint density at radius 1 is 1.46 bits per heavy atom. The second kappa shape index (κ2) is 5.77. The summed E-state index contributed by atoms with van der Waals surface area (Å²) in [4.78, 5) is 10.9. The van der Waals surface area contributed by atoms with Crippen LogP contribution in [0.5, 0.6) is 0 Å². The zero-order chi connectivity index (χ0) is 9.94. The Morgan fingerprint density at radius 2 is 1.85 bits per heavy atom. The first-order chi connectivity index (χ1) is 5.24. The molecule has 2 atom stereocenters. The Morgan fingerprint density at radius 3 is 2.08 bits per heavy atom. The first-order valence-corrected chi connectivity index (χ1v) is 4.85. The van der Waals surface area contributed by atoms with Gasteiger partial charge >= 0.3 is 0 Å². The third-order valence-corrected chi connectivity index (χ3v) is 1.98. The van der Waals surface area contributed by atoms with Gasteiger partial charge in [0.25, 0.3) is 10.1 Å². The monoisotopic (exact) mass is 260 g/mol. The first kappa shape index (κ1) is 15.6. The van der Waals surface area contributed by atoms with Crippen molar-refractivity contribution in [3.63, 3.8) is 0 Å². The molecule has 0 aromatic heterocycles. The molecule has 0 aliphatic heterocycles. The van der Waals surface area contributed by atoms with Crippen molar-refractivity contribution in [1.82, 2.24) is 0 Å². The average Bonchev–Trinajstić information content (AvgIpc) is 1.82. The van der Waals surface area contributed by atoms with Crippen molar-refractivity contribution in [3.8, 4) is 0 Å². The minimum absolute atomic E-state index is 0. The van der Waals surface area contributed by atoms with Crippen LogP contribution in [-0.4, -0.2) is 36.6 Å². The zero-order valence-electron chi connectivity index (χ0n) is 7.30. The summed E-state index contributed by atoms with van der Waals surface area (Å²) in [5.74, 6) is -1.37. The molecule has 0 radical (unpaired) electrons. The summed E-state index contributed by atoms with van der Waals surface area (Å²) < 4.78 is 28.8. The molecule has 0 bridgehead atoms. The average molecular weight is 262 g/mol. The molecule has 0 amide bonds. The topological polar surface area (TPSA) is 123 Å². The molecule has 0 aromatic rings. The van der Waals surface area contributed by atoms with Gasteiger partial charge < -0.3 is 11.5 Å². The number of carbonyl (C=O) groups excluding carboxylic acids is 1. The van der Waals surface area contributed by atoms with Crippen molar-refractivity contribution in [2.45, 2.75) is 19.0 Å². The summed E-state index contributed by atoms with van der Waals surface area (Å²) in [6.07, 6.45) is 0. The second-order valence-electron chi connectivity index (χ2n) is 2.55. The number of nitrogens with two attached hydrogens (primary N) is 2. The summed E-state index contributed by atoms with van der Waals surface area (Å²) >= 11 is 0. The van der Waals surface area contributed by atoms with Crippen LogP contribution < -0.4 is 11.5 Å². The van der Waals surface area contributed by atoms with Crippen molar-refractivity contribution in [2.24, 2.45) is 11.5 Å². The Kier molecular flexibility index (Phi) is 6.92. The van der Waals surface area contributed by atoms with E-state index in [4.69, 9.17) is 16.0 Å². The molecule has 2 unspecified atom stereocenters. The SMILES string of the molecule is CC(N)C(=O)C(N)CS(=O)(=O)O.[Zn]. The fourth-order valence-corrected chi connectivity index (χ4v) is 1.26. The second-order valence-corrected chi connectivity index (χ2v) is 4.04. The summed E-state index contributed by atoms with van der Waals surface area (Å²) in [7, 11) is -4.20. The first-order valence-electron chi connectivity index (χ1n) is 3.24. The van der Waals surface area contributed by atoms with Crippen LogP contribution in [0, 0.1) is 0 Å². The molecule has 0 heterocycles. The fraction of sp³-hybridized carbons (Fsp3) is 0.800. The van der Waals surface area contributed by atoms with Gasteiger partial charge in [0.2, 0.25) is 0 Å². The van der Waals surface area contributed by atoms with Crippen molar-refractivity contribution < 1.29 is 37.2 Å². The molecule has 0 aliphatic carbocycles. The van der Waals surface area contributed by atoms with E-state index in [1.54, 1.807) is 0 Å². The molecule has 8 heteroatoms. The van der Waals surface area contributed by atoms with Crippen LogP contribution in [0.2, 0.25) is 0 Å². The molecule has 0 aliphatic rings. The van der Waals surface area contributed by atoms with Crippen LogP contribution in [0.15, 0.2) is 0 Å². The molecular formula is C5H12N2O4SZn. The molecule has 0 saturated carbocycles. The van der Waals surface area contributed by atoms with Gasteiger partial charge in [-0.3, -0.25) is 9.35 Å². The maximum atomic E-state index is 10.9. The van der Waals surface area contributed by atoms with Crippen LogP contribution in [0.3, 0.4) is 0 Å². The van der Waals surface area contributed by atoms with Crippen LogP contribution in [0.25, 0.3) is 0 Å². The number of Topliss-reactive ketones (excluding diaryl/α,β-unsaturated/α-hetero) is 1. The molecule has 0 aromatic carbocycles. The van der Waals surface area contributed by atoms with Crippen LogP contribution in [0.4, 0.5) is 0 Å². The van der Waals surface area contributed by atoms with Gasteiger partial charge in [0, 0.05) is 19.5 Å². The molecular weight excluding hydrogens is 250 g/mol. The normalized spacial score (nSPS) is 15.7. The minimum atomic E-state index is -4.20. The molecule has 5 N–H and O–H groups in total. The molecule has 0 spiro atoms. The molecule has 0 saturated heterocycles. The maximum Gasteiger partial charge on any atom is 0.266 e. The van der Waals surface area contributed by atoms with Gasteiger partial charge in [-0.05, 0) is 6.92 Å². The summed E-state index contributed by atoms with van der Waals surface area (Å²) in [5.41, 5.74) is 10.3. The van der Waals surface area contributed by atoms with E-state index >= 15 is 0 Å². The quantitative estimate of drug-likeness (QED) is 0.402.